The average molecular weight is 251 g/mol. The summed E-state index contributed by atoms with van der Waals surface area (Å²) in [7, 11) is -3.14. The fourth-order valence-corrected chi connectivity index (χ4v) is 1.38. The standard InChI is InChI=1S/C7H11ClN4O2S/c1-15(13,14)12-3-2-9-7-10-4-6(8)5-11-7/h4-5,12H,2-3H2,1H3,(H,9,10,11). The quantitative estimate of drug-likeness (QED) is 0.724. The van der Waals surface area contributed by atoms with Gasteiger partial charge in [-0.25, -0.2) is 23.1 Å². The highest BCUT2D eigenvalue weighted by Crippen LogP contribution is 2.04. The second-order valence-corrected chi connectivity index (χ2v) is 5.09. The molecule has 1 heterocycles. The maximum absolute atomic E-state index is 10.7. The second kappa shape index (κ2) is 5.24. The van der Waals surface area contributed by atoms with Crippen LogP contribution in [0.15, 0.2) is 12.4 Å². The second-order valence-electron chi connectivity index (χ2n) is 2.82. The van der Waals surface area contributed by atoms with E-state index in [4.69, 9.17) is 11.6 Å². The van der Waals surface area contributed by atoms with Crippen LogP contribution in [0.1, 0.15) is 0 Å². The average Bonchev–Trinajstić information content (AvgIpc) is 2.14. The van der Waals surface area contributed by atoms with Gasteiger partial charge in [0.15, 0.2) is 0 Å². The summed E-state index contributed by atoms with van der Waals surface area (Å²) in [6.07, 6.45) is 4.02. The van der Waals surface area contributed by atoms with Gasteiger partial charge in [-0.3, -0.25) is 0 Å². The Kier molecular flexibility index (Phi) is 4.25. The van der Waals surface area contributed by atoms with E-state index in [1.807, 2.05) is 0 Å². The van der Waals surface area contributed by atoms with Crippen LogP contribution in [0.3, 0.4) is 0 Å². The number of aromatic nitrogens is 2. The van der Waals surface area contributed by atoms with E-state index in [0.717, 1.165) is 6.26 Å². The van der Waals surface area contributed by atoms with Crippen LogP contribution < -0.4 is 10.0 Å². The lowest BCUT2D eigenvalue weighted by molar-refractivity contribution is 0.589. The molecule has 0 fully saturated rings. The van der Waals surface area contributed by atoms with Crippen molar-refractivity contribution in [1.29, 1.82) is 0 Å². The highest BCUT2D eigenvalue weighted by Gasteiger charge is 1.99. The van der Waals surface area contributed by atoms with Crippen molar-refractivity contribution in [2.45, 2.75) is 0 Å². The Labute approximate surface area is 93.1 Å². The maximum Gasteiger partial charge on any atom is 0.222 e. The SMILES string of the molecule is CS(=O)(=O)NCCNc1ncc(Cl)cn1. The predicted octanol–water partition coefficient (Wildman–Crippen LogP) is 0.0911. The van der Waals surface area contributed by atoms with Crippen molar-refractivity contribution >= 4 is 27.6 Å². The van der Waals surface area contributed by atoms with Crippen LogP contribution in [0.4, 0.5) is 5.95 Å². The first kappa shape index (κ1) is 12.2. The topological polar surface area (TPSA) is 84.0 Å². The van der Waals surface area contributed by atoms with Gasteiger partial charge in [-0.05, 0) is 0 Å². The monoisotopic (exact) mass is 250 g/mol. The summed E-state index contributed by atoms with van der Waals surface area (Å²) in [5.41, 5.74) is 0. The normalized spacial score (nSPS) is 11.3. The molecular weight excluding hydrogens is 240 g/mol. The molecule has 0 bridgehead atoms. The summed E-state index contributed by atoms with van der Waals surface area (Å²) in [5.74, 6) is 0.412. The van der Waals surface area contributed by atoms with E-state index in [9.17, 15) is 8.42 Å². The largest absolute Gasteiger partial charge is 0.353 e. The van der Waals surface area contributed by atoms with Crippen LogP contribution >= 0.6 is 11.6 Å². The molecule has 1 aromatic heterocycles. The smallest absolute Gasteiger partial charge is 0.222 e. The number of nitrogens with one attached hydrogen (secondary N) is 2. The minimum atomic E-state index is -3.14. The van der Waals surface area contributed by atoms with Crippen molar-refractivity contribution in [2.24, 2.45) is 0 Å². The number of nitrogens with zero attached hydrogens (tertiary/aromatic N) is 2. The Morgan fingerprint density at radius 2 is 1.93 bits per heavy atom. The van der Waals surface area contributed by atoms with E-state index < -0.39 is 10.0 Å². The lowest BCUT2D eigenvalue weighted by Gasteiger charge is -2.04. The Morgan fingerprint density at radius 3 is 2.47 bits per heavy atom. The van der Waals surface area contributed by atoms with Gasteiger partial charge in [0.05, 0.1) is 23.7 Å². The molecular formula is C7H11ClN4O2S. The number of hydrogen-bond donors (Lipinski definition) is 2. The van der Waals surface area contributed by atoms with Gasteiger partial charge in [0.1, 0.15) is 0 Å². The predicted molar refractivity (Wildman–Crippen MR) is 58.4 cm³/mol. The molecule has 0 amide bonds. The molecule has 0 saturated heterocycles. The summed E-state index contributed by atoms with van der Waals surface area (Å²) in [5, 5.41) is 3.29. The minimum absolute atomic E-state index is 0.283. The van der Waals surface area contributed by atoms with Gasteiger partial charge in [-0.2, -0.15) is 0 Å². The third kappa shape index (κ3) is 5.50. The molecule has 0 radical (unpaired) electrons. The zero-order chi connectivity index (χ0) is 11.3. The van der Waals surface area contributed by atoms with Crippen LogP contribution in [0, 0.1) is 0 Å². The van der Waals surface area contributed by atoms with Gasteiger partial charge < -0.3 is 5.32 Å². The maximum atomic E-state index is 10.7. The zero-order valence-electron chi connectivity index (χ0n) is 8.07. The summed E-state index contributed by atoms with van der Waals surface area (Å²) < 4.78 is 23.7. The minimum Gasteiger partial charge on any atom is -0.353 e. The van der Waals surface area contributed by atoms with Gasteiger partial charge in [0.2, 0.25) is 16.0 Å². The number of sulfonamides is 1. The van der Waals surface area contributed by atoms with Gasteiger partial charge in [-0.1, -0.05) is 11.6 Å². The molecule has 1 aromatic rings. The molecule has 0 aliphatic carbocycles. The Balaban J connectivity index is 2.29. The first-order valence-corrected chi connectivity index (χ1v) is 6.40. The lowest BCUT2D eigenvalue weighted by atomic mass is 10.6. The van der Waals surface area contributed by atoms with Crippen molar-refractivity contribution in [3.05, 3.63) is 17.4 Å². The fourth-order valence-electron chi connectivity index (χ4n) is 0.814. The summed E-state index contributed by atoms with van der Waals surface area (Å²) in [6.45, 7) is 0.694. The van der Waals surface area contributed by atoms with E-state index in [1.165, 1.54) is 12.4 Å². The van der Waals surface area contributed by atoms with E-state index in [2.05, 4.69) is 20.0 Å². The van der Waals surface area contributed by atoms with Gasteiger partial charge in [-0.15, -0.1) is 0 Å². The van der Waals surface area contributed by atoms with E-state index in [-0.39, 0.29) is 6.54 Å². The number of halogens is 1. The van der Waals surface area contributed by atoms with E-state index in [0.29, 0.717) is 17.5 Å². The summed E-state index contributed by atoms with van der Waals surface area (Å²) >= 11 is 5.59. The van der Waals surface area contributed by atoms with Crippen molar-refractivity contribution in [3.8, 4) is 0 Å². The number of anilines is 1. The third-order valence-corrected chi connectivity index (χ3v) is 2.32. The van der Waals surface area contributed by atoms with Crippen molar-refractivity contribution in [1.82, 2.24) is 14.7 Å². The zero-order valence-corrected chi connectivity index (χ0v) is 9.64. The van der Waals surface area contributed by atoms with Crippen LogP contribution in [0.25, 0.3) is 0 Å². The third-order valence-electron chi connectivity index (χ3n) is 1.39. The van der Waals surface area contributed by atoms with Crippen LogP contribution in [-0.2, 0) is 10.0 Å². The summed E-state index contributed by atoms with van der Waals surface area (Å²) in [6, 6.07) is 0. The highest BCUT2D eigenvalue weighted by molar-refractivity contribution is 7.88. The molecule has 0 saturated carbocycles. The van der Waals surface area contributed by atoms with Crippen molar-refractivity contribution in [3.63, 3.8) is 0 Å². The fraction of sp³-hybridized carbons (Fsp3) is 0.429. The molecule has 1 rings (SSSR count). The molecule has 2 N–H and O–H groups in total. The number of hydrogen-bond acceptors (Lipinski definition) is 5. The van der Waals surface area contributed by atoms with Gasteiger partial charge >= 0.3 is 0 Å². The lowest BCUT2D eigenvalue weighted by Crippen LogP contribution is -2.27. The van der Waals surface area contributed by atoms with Gasteiger partial charge in [0.25, 0.3) is 0 Å². The van der Waals surface area contributed by atoms with Crippen molar-refractivity contribution < 1.29 is 8.42 Å². The first-order valence-electron chi connectivity index (χ1n) is 4.13. The summed E-state index contributed by atoms with van der Waals surface area (Å²) in [4.78, 5) is 7.76. The van der Waals surface area contributed by atoms with Crippen LogP contribution in [0.5, 0.6) is 0 Å². The first-order chi connectivity index (χ1) is 6.97. The Hall–Kier alpha value is -0.920. The van der Waals surface area contributed by atoms with Crippen LogP contribution in [-0.4, -0.2) is 37.7 Å². The molecule has 0 aliphatic rings. The molecule has 0 unspecified atom stereocenters. The molecule has 0 aliphatic heterocycles. The van der Waals surface area contributed by atoms with E-state index >= 15 is 0 Å². The molecule has 6 nitrogen and oxygen atoms in total. The van der Waals surface area contributed by atoms with Gasteiger partial charge in [0, 0.05) is 13.1 Å². The van der Waals surface area contributed by atoms with Crippen LogP contribution in [0.2, 0.25) is 5.02 Å². The van der Waals surface area contributed by atoms with Crippen molar-refractivity contribution in [2.75, 3.05) is 24.7 Å². The molecule has 0 atom stereocenters. The molecule has 0 spiro atoms. The molecule has 0 aromatic carbocycles. The Bertz CT molecular complexity index is 406. The number of rotatable bonds is 5. The molecule has 8 heteroatoms. The molecule has 15 heavy (non-hydrogen) atoms. The molecule has 84 valence electrons. The Morgan fingerprint density at radius 1 is 1.33 bits per heavy atom. The van der Waals surface area contributed by atoms with E-state index in [1.54, 1.807) is 0 Å². The highest BCUT2D eigenvalue weighted by atomic mass is 35.5.